The van der Waals surface area contributed by atoms with Crippen molar-refractivity contribution in [1.29, 1.82) is 0 Å². The molecule has 0 fully saturated rings. The van der Waals surface area contributed by atoms with Gasteiger partial charge in [-0.2, -0.15) is 0 Å². The predicted octanol–water partition coefficient (Wildman–Crippen LogP) is 1.09. The van der Waals surface area contributed by atoms with Gasteiger partial charge in [-0.15, -0.1) is 0 Å². The first-order chi connectivity index (χ1) is 8.54. The van der Waals surface area contributed by atoms with Crippen LogP contribution in [-0.4, -0.2) is 52.4 Å². The van der Waals surface area contributed by atoms with Crippen LogP contribution in [0.25, 0.3) is 0 Å². The van der Waals surface area contributed by atoms with Crippen LogP contribution in [0.5, 0.6) is 0 Å². The van der Waals surface area contributed by atoms with E-state index in [0.29, 0.717) is 0 Å². The van der Waals surface area contributed by atoms with Gasteiger partial charge in [-0.1, -0.05) is 0 Å². The minimum Gasteiger partial charge on any atom is -0.480 e. The topological polar surface area (TPSA) is 95.9 Å². The number of hydrogen-bond acceptors (Lipinski definition) is 5. The van der Waals surface area contributed by atoms with E-state index in [-0.39, 0.29) is 11.7 Å². The minimum atomic E-state index is -1.16. The minimum absolute atomic E-state index is 0.0324. The van der Waals surface area contributed by atoms with Gasteiger partial charge in [0.15, 0.2) is 0 Å². The van der Waals surface area contributed by atoms with E-state index in [9.17, 15) is 14.4 Å². The highest BCUT2D eigenvalue weighted by molar-refractivity contribution is 7.98. The maximum absolute atomic E-state index is 11.7. The Morgan fingerprint density at radius 2 is 1.89 bits per heavy atom. The smallest absolute Gasteiger partial charge is 0.410 e. The largest absolute Gasteiger partial charge is 0.480 e. The summed E-state index contributed by atoms with van der Waals surface area (Å²) in [6.45, 7) is 6.40. The third-order valence-electron chi connectivity index (χ3n) is 1.89. The monoisotopic (exact) mass is 292 g/mol. The van der Waals surface area contributed by atoms with Crippen LogP contribution in [0, 0.1) is 0 Å². The first kappa shape index (κ1) is 17.6. The van der Waals surface area contributed by atoms with E-state index in [0.717, 1.165) is 16.8 Å². The number of carboxylic acid groups (broad SMARTS) is 1. The van der Waals surface area contributed by atoms with Crippen molar-refractivity contribution < 1.29 is 24.2 Å². The summed E-state index contributed by atoms with van der Waals surface area (Å²) in [6, 6.07) is -1.08. The van der Waals surface area contributed by atoms with Gasteiger partial charge in [-0.25, -0.2) is 9.59 Å². The summed E-state index contributed by atoms with van der Waals surface area (Å²) in [5, 5.41) is 9.08. The average molecular weight is 292 g/mol. The molecule has 0 heterocycles. The summed E-state index contributed by atoms with van der Waals surface area (Å²) in [6.07, 6.45) is -0.719. The summed E-state index contributed by atoms with van der Waals surface area (Å²) in [5.41, 5.74) is -0.695. The summed E-state index contributed by atoms with van der Waals surface area (Å²) >= 11 is 0.932. The molecule has 8 heteroatoms. The van der Waals surface area contributed by atoms with E-state index in [2.05, 4.69) is 4.72 Å². The molecule has 2 N–H and O–H groups in total. The Bertz CT molecular complexity index is 353. The number of ether oxygens (including phenoxy) is 1. The van der Waals surface area contributed by atoms with E-state index in [4.69, 9.17) is 9.84 Å². The fraction of sp³-hybridized carbons (Fsp3) is 0.727. The Morgan fingerprint density at radius 3 is 2.26 bits per heavy atom. The quantitative estimate of drug-likeness (QED) is 0.736. The van der Waals surface area contributed by atoms with Crippen molar-refractivity contribution in [1.82, 2.24) is 9.62 Å². The highest BCUT2D eigenvalue weighted by Gasteiger charge is 2.30. The molecule has 0 bridgehead atoms. The van der Waals surface area contributed by atoms with Crippen molar-refractivity contribution in [3.63, 3.8) is 0 Å². The van der Waals surface area contributed by atoms with Crippen LogP contribution in [0.15, 0.2) is 0 Å². The third kappa shape index (κ3) is 7.55. The van der Waals surface area contributed by atoms with Crippen LogP contribution in [0.4, 0.5) is 4.79 Å². The van der Waals surface area contributed by atoms with Crippen LogP contribution in [0.3, 0.4) is 0 Å². The molecule has 19 heavy (non-hydrogen) atoms. The van der Waals surface area contributed by atoms with Gasteiger partial charge in [0, 0.05) is 19.7 Å². The number of carbonyl (C=O) groups excluding carboxylic acids is 2. The summed E-state index contributed by atoms with van der Waals surface area (Å²) < 4.78 is 7.49. The number of carboxylic acids is 1. The van der Waals surface area contributed by atoms with Crippen LogP contribution in [0.2, 0.25) is 0 Å². The molecular weight excluding hydrogens is 272 g/mol. The average Bonchev–Trinajstić information content (AvgIpc) is 2.20. The number of likely N-dealkylation sites (N-methyl/N-ethyl adjacent to an activating group) is 1. The second-order valence-corrected chi connectivity index (χ2v) is 5.74. The van der Waals surface area contributed by atoms with E-state index in [1.54, 1.807) is 20.8 Å². The van der Waals surface area contributed by atoms with Gasteiger partial charge in [0.05, 0.1) is 0 Å². The lowest BCUT2D eigenvalue weighted by atomic mass is 10.2. The maximum atomic E-state index is 11.7. The zero-order valence-electron chi connectivity index (χ0n) is 11.7. The highest BCUT2D eigenvalue weighted by atomic mass is 32.2. The standard InChI is InChI=1S/C11H20N2O5S/c1-7(14)12-19-6-8(9(15)16)13(5)10(17)18-11(2,3)4/h8H,6H2,1-5H3,(H,12,14)(H,15,16)/t8-/m0/s1. The Labute approximate surface area is 116 Å². The molecule has 0 radical (unpaired) electrons. The van der Waals surface area contributed by atoms with Crippen molar-refractivity contribution in [2.75, 3.05) is 12.8 Å². The van der Waals surface area contributed by atoms with Crippen LogP contribution < -0.4 is 4.72 Å². The molecule has 0 saturated heterocycles. The Hall–Kier alpha value is -1.44. The fourth-order valence-electron chi connectivity index (χ4n) is 1.03. The Morgan fingerprint density at radius 1 is 1.37 bits per heavy atom. The Balaban J connectivity index is 4.56. The molecule has 0 aromatic heterocycles. The summed E-state index contributed by atoms with van der Waals surface area (Å²) in [4.78, 5) is 34.6. The van der Waals surface area contributed by atoms with Gasteiger partial charge in [0.2, 0.25) is 5.91 Å². The number of carbonyl (C=O) groups is 3. The van der Waals surface area contributed by atoms with Crippen molar-refractivity contribution in [2.24, 2.45) is 0 Å². The molecule has 0 aliphatic carbocycles. The highest BCUT2D eigenvalue weighted by Crippen LogP contribution is 2.12. The number of aliphatic carboxylic acids is 1. The molecule has 0 aromatic rings. The molecule has 0 spiro atoms. The van der Waals surface area contributed by atoms with Crippen LogP contribution >= 0.6 is 11.9 Å². The van der Waals surface area contributed by atoms with Crippen molar-refractivity contribution >= 4 is 29.9 Å². The molecule has 0 saturated carbocycles. The van der Waals surface area contributed by atoms with Crippen LogP contribution in [-0.2, 0) is 14.3 Å². The molecule has 1 atom stereocenters. The summed E-state index contributed by atoms with van der Waals surface area (Å²) in [5.74, 6) is -1.41. The lowest BCUT2D eigenvalue weighted by Crippen LogP contribution is -2.46. The maximum Gasteiger partial charge on any atom is 0.410 e. The second-order valence-electron chi connectivity index (χ2n) is 4.91. The molecule has 7 nitrogen and oxygen atoms in total. The van der Waals surface area contributed by atoms with E-state index in [1.807, 2.05) is 0 Å². The molecule has 0 aromatic carbocycles. The van der Waals surface area contributed by atoms with Gasteiger partial charge in [0.25, 0.3) is 0 Å². The van der Waals surface area contributed by atoms with Crippen molar-refractivity contribution in [3.05, 3.63) is 0 Å². The van der Waals surface area contributed by atoms with E-state index < -0.39 is 23.7 Å². The van der Waals surface area contributed by atoms with Crippen molar-refractivity contribution in [2.45, 2.75) is 39.3 Å². The zero-order chi connectivity index (χ0) is 15.2. The first-order valence-electron chi connectivity index (χ1n) is 5.61. The lowest BCUT2D eigenvalue weighted by molar-refractivity contribution is -0.141. The molecule has 0 rings (SSSR count). The SMILES string of the molecule is CC(=O)NSC[C@@H](C(=O)O)N(C)C(=O)OC(C)(C)C. The van der Waals surface area contributed by atoms with Gasteiger partial charge in [-0.05, 0) is 32.7 Å². The third-order valence-corrected chi connectivity index (χ3v) is 2.81. The Kier molecular flexibility index (Phi) is 6.68. The van der Waals surface area contributed by atoms with E-state index in [1.165, 1.54) is 14.0 Å². The normalized spacial score (nSPS) is 12.5. The van der Waals surface area contributed by atoms with Gasteiger partial charge in [-0.3, -0.25) is 9.69 Å². The van der Waals surface area contributed by atoms with Gasteiger partial charge < -0.3 is 14.6 Å². The lowest BCUT2D eigenvalue weighted by Gasteiger charge is -2.28. The van der Waals surface area contributed by atoms with E-state index >= 15 is 0 Å². The van der Waals surface area contributed by atoms with Gasteiger partial charge >= 0.3 is 12.1 Å². The number of rotatable bonds is 5. The molecule has 0 aliphatic heterocycles. The molecule has 0 unspecified atom stereocenters. The first-order valence-corrected chi connectivity index (χ1v) is 6.60. The fourth-order valence-corrected chi connectivity index (χ4v) is 1.84. The zero-order valence-corrected chi connectivity index (χ0v) is 12.5. The van der Waals surface area contributed by atoms with Crippen molar-refractivity contribution in [3.8, 4) is 0 Å². The number of nitrogens with zero attached hydrogens (tertiary/aromatic N) is 1. The number of nitrogens with one attached hydrogen (secondary N) is 1. The molecule has 2 amide bonds. The molecule has 0 aliphatic rings. The van der Waals surface area contributed by atoms with Crippen LogP contribution in [0.1, 0.15) is 27.7 Å². The second kappa shape index (κ2) is 7.22. The molecule has 110 valence electrons. The number of amides is 2. The molecular formula is C11H20N2O5S. The number of hydrogen-bond donors (Lipinski definition) is 2. The van der Waals surface area contributed by atoms with Gasteiger partial charge in [0.1, 0.15) is 11.6 Å². The predicted molar refractivity (Wildman–Crippen MR) is 71.7 cm³/mol. The summed E-state index contributed by atoms with van der Waals surface area (Å²) in [7, 11) is 1.35.